The molecular formula is C12H17N3O. The van der Waals surface area contributed by atoms with Gasteiger partial charge in [0.1, 0.15) is 17.3 Å². The molecule has 1 aliphatic rings. The van der Waals surface area contributed by atoms with Crippen LogP contribution in [0.3, 0.4) is 0 Å². The molecule has 1 heterocycles. The maximum Gasteiger partial charge on any atom is 0.156 e. The minimum Gasteiger partial charge on any atom is -0.480 e. The first-order valence-electron chi connectivity index (χ1n) is 5.44. The van der Waals surface area contributed by atoms with Gasteiger partial charge in [-0.05, 0) is 24.6 Å². The van der Waals surface area contributed by atoms with Gasteiger partial charge < -0.3 is 15.4 Å². The van der Waals surface area contributed by atoms with Gasteiger partial charge in [0, 0.05) is 19.8 Å². The van der Waals surface area contributed by atoms with Gasteiger partial charge in [0.25, 0.3) is 0 Å². The molecule has 1 aromatic rings. The fourth-order valence-corrected chi connectivity index (χ4v) is 1.78. The van der Waals surface area contributed by atoms with Crippen LogP contribution >= 0.6 is 0 Å². The van der Waals surface area contributed by atoms with Gasteiger partial charge in [-0.1, -0.05) is 6.92 Å². The molecule has 86 valence electrons. The quantitative estimate of drug-likeness (QED) is 0.735. The first-order valence-corrected chi connectivity index (χ1v) is 5.44. The second-order valence-corrected chi connectivity index (χ2v) is 4.11. The third-order valence-corrected chi connectivity index (χ3v) is 2.60. The van der Waals surface area contributed by atoms with Crippen LogP contribution in [0.1, 0.15) is 13.3 Å². The molecule has 0 fully saturated rings. The van der Waals surface area contributed by atoms with Crippen LogP contribution in [0, 0.1) is 0 Å². The second-order valence-electron chi connectivity index (χ2n) is 4.11. The molecule has 2 N–H and O–H groups in total. The molecule has 4 heteroatoms. The highest BCUT2D eigenvalue weighted by molar-refractivity contribution is 5.91. The highest BCUT2D eigenvalue weighted by atomic mass is 16.5. The smallest absolute Gasteiger partial charge is 0.156 e. The predicted octanol–water partition coefficient (Wildman–Crippen LogP) is 2.03. The number of likely N-dealkylation sites (N-methyl/N-ethyl adjacent to an activating group) is 1. The summed E-state index contributed by atoms with van der Waals surface area (Å²) in [4.78, 5) is 6.58. The number of benzene rings is 1. The maximum absolute atomic E-state index is 5.88. The van der Waals surface area contributed by atoms with Crippen molar-refractivity contribution in [1.29, 1.82) is 0 Å². The Morgan fingerprint density at radius 1 is 1.44 bits per heavy atom. The highest BCUT2D eigenvalue weighted by Gasteiger charge is 2.24. The van der Waals surface area contributed by atoms with Crippen LogP contribution in [0.25, 0.3) is 0 Å². The van der Waals surface area contributed by atoms with Gasteiger partial charge in [0.15, 0.2) is 6.10 Å². The summed E-state index contributed by atoms with van der Waals surface area (Å²) < 4.78 is 5.88. The van der Waals surface area contributed by atoms with Crippen molar-refractivity contribution in [2.45, 2.75) is 19.4 Å². The summed E-state index contributed by atoms with van der Waals surface area (Å²) in [5.74, 6) is 1.76. The molecular weight excluding hydrogens is 202 g/mol. The van der Waals surface area contributed by atoms with E-state index in [2.05, 4.69) is 11.9 Å². The van der Waals surface area contributed by atoms with Gasteiger partial charge in [0.2, 0.25) is 0 Å². The minimum absolute atomic E-state index is 0.0334. The highest BCUT2D eigenvalue weighted by Crippen LogP contribution is 2.34. The number of hydrogen-bond donors (Lipinski definition) is 1. The van der Waals surface area contributed by atoms with E-state index in [0.717, 1.165) is 23.7 Å². The van der Waals surface area contributed by atoms with E-state index < -0.39 is 0 Å². The number of anilines is 1. The molecule has 0 radical (unpaired) electrons. The van der Waals surface area contributed by atoms with Crippen molar-refractivity contribution in [2.75, 3.05) is 19.8 Å². The third kappa shape index (κ3) is 1.83. The number of nitrogens with zero attached hydrogens (tertiary/aromatic N) is 2. The van der Waals surface area contributed by atoms with E-state index in [1.165, 1.54) is 0 Å². The van der Waals surface area contributed by atoms with Crippen molar-refractivity contribution < 1.29 is 4.74 Å². The normalized spacial score (nSPS) is 18.4. The first-order chi connectivity index (χ1) is 7.61. The van der Waals surface area contributed by atoms with Crippen LogP contribution < -0.4 is 10.5 Å². The molecule has 0 amide bonds. The average molecular weight is 219 g/mol. The lowest BCUT2D eigenvalue weighted by molar-refractivity contribution is 0.243. The van der Waals surface area contributed by atoms with Crippen LogP contribution in [0.2, 0.25) is 0 Å². The van der Waals surface area contributed by atoms with Gasteiger partial charge in [-0.25, -0.2) is 4.99 Å². The largest absolute Gasteiger partial charge is 0.480 e. The van der Waals surface area contributed by atoms with Crippen molar-refractivity contribution >= 4 is 17.2 Å². The number of aliphatic imine (C=N–C) groups is 1. The van der Waals surface area contributed by atoms with E-state index in [1.807, 2.05) is 37.2 Å². The third-order valence-electron chi connectivity index (χ3n) is 2.60. The molecule has 0 saturated heterocycles. The summed E-state index contributed by atoms with van der Waals surface area (Å²) in [7, 11) is 3.95. The summed E-state index contributed by atoms with van der Waals surface area (Å²) in [5.41, 5.74) is 7.25. The number of rotatable bonds is 1. The van der Waals surface area contributed by atoms with Crippen LogP contribution in [0.5, 0.6) is 5.75 Å². The summed E-state index contributed by atoms with van der Waals surface area (Å²) in [6.45, 7) is 2.09. The van der Waals surface area contributed by atoms with Gasteiger partial charge in [-0.3, -0.25) is 0 Å². The number of hydrogen-bond acceptors (Lipinski definition) is 4. The van der Waals surface area contributed by atoms with Crippen molar-refractivity contribution in [2.24, 2.45) is 4.99 Å². The summed E-state index contributed by atoms with van der Waals surface area (Å²) in [5, 5.41) is 0. The Bertz CT molecular complexity index is 426. The van der Waals surface area contributed by atoms with Crippen molar-refractivity contribution in [1.82, 2.24) is 4.90 Å². The van der Waals surface area contributed by atoms with Crippen LogP contribution in [-0.2, 0) is 0 Å². The molecule has 0 spiro atoms. The lowest BCUT2D eigenvalue weighted by Crippen LogP contribution is -2.38. The molecule has 4 nitrogen and oxygen atoms in total. The van der Waals surface area contributed by atoms with Crippen LogP contribution in [0.15, 0.2) is 23.2 Å². The number of ether oxygens (including phenoxy) is 1. The topological polar surface area (TPSA) is 50.9 Å². The predicted molar refractivity (Wildman–Crippen MR) is 66.3 cm³/mol. The zero-order valence-corrected chi connectivity index (χ0v) is 9.90. The van der Waals surface area contributed by atoms with Gasteiger partial charge in [-0.2, -0.15) is 0 Å². The molecule has 0 saturated carbocycles. The number of fused-ring (bicyclic) bond motifs is 1. The monoisotopic (exact) mass is 219 g/mol. The fourth-order valence-electron chi connectivity index (χ4n) is 1.78. The number of amidine groups is 1. The lowest BCUT2D eigenvalue weighted by atomic mass is 10.2. The van der Waals surface area contributed by atoms with E-state index in [-0.39, 0.29) is 6.10 Å². The van der Waals surface area contributed by atoms with Crippen molar-refractivity contribution in [3.05, 3.63) is 18.2 Å². The Hall–Kier alpha value is -1.71. The molecule has 1 unspecified atom stereocenters. The summed E-state index contributed by atoms with van der Waals surface area (Å²) in [6, 6.07) is 5.55. The number of nitrogens with two attached hydrogens (primary N) is 1. The van der Waals surface area contributed by atoms with E-state index in [9.17, 15) is 0 Å². The molecule has 1 atom stereocenters. The maximum atomic E-state index is 5.88. The van der Waals surface area contributed by atoms with Crippen molar-refractivity contribution in [3.8, 4) is 5.75 Å². The molecule has 0 aliphatic carbocycles. The Balaban J connectivity index is 2.45. The van der Waals surface area contributed by atoms with E-state index in [4.69, 9.17) is 10.5 Å². The molecule has 2 rings (SSSR count). The Kier molecular flexibility index (Phi) is 2.73. The Labute approximate surface area is 95.7 Å². The standard InChI is InChI=1S/C12H17N3O/c1-4-10-12(15(2)3)14-9-7-8(13)5-6-11(9)16-10/h5-7,10H,4,13H2,1-3H3. The van der Waals surface area contributed by atoms with Gasteiger partial charge in [0.05, 0.1) is 0 Å². The average Bonchev–Trinajstić information content (AvgIpc) is 2.27. The zero-order valence-electron chi connectivity index (χ0n) is 9.90. The second kappa shape index (κ2) is 4.04. The molecule has 1 aromatic carbocycles. The summed E-state index contributed by atoms with van der Waals surface area (Å²) in [6.07, 6.45) is 0.937. The lowest BCUT2D eigenvalue weighted by Gasteiger charge is -2.29. The Morgan fingerprint density at radius 3 is 2.81 bits per heavy atom. The van der Waals surface area contributed by atoms with E-state index >= 15 is 0 Å². The van der Waals surface area contributed by atoms with E-state index in [1.54, 1.807) is 0 Å². The zero-order chi connectivity index (χ0) is 11.7. The molecule has 1 aliphatic heterocycles. The van der Waals surface area contributed by atoms with Gasteiger partial charge >= 0.3 is 0 Å². The minimum atomic E-state index is 0.0334. The first kappa shape index (κ1) is 10.8. The molecule has 16 heavy (non-hydrogen) atoms. The van der Waals surface area contributed by atoms with Crippen LogP contribution in [0.4, 0.5) is 11.4 Å². The van der Waals surface area contributed by atoms with Crippen molar-refractivity contribution in [3.63, 3.8) is 0 Å². The SMILES string of the molecule is CCC1Oc2ccc(N)cc2N=C1N(C)C. The molecule has 0 bridgehead atoms. The Morgan fingerprint density at radius 2 is 2.19 bits per heavy atom. The summed E-state index contributed by atoms with van der Waals surface area (Å²) >= 11 is 0. The molecule has 0 aromatic heterocycles. The van der Waals surface area contributed by atoms with Crippen LogP contribution in [-0.4, -0.2) is 30.9 Å². The number of nitrogen functional groups attached to an aromatic ring is 1. The van der Waals surface area contributed by atoms with E-state index in [0.29, 0.717) is 5.69 Å². The fraction of sp³-hybridized carbons (Fsp3) is 0.417. The van der Waals surface area contributed by atoms with Gasteiger partial charge in [-0.15, -0.1) is 0 Å².